The molecule has 0 bridgehead atoms. The molecule has 0 unspecified atom stereocenters. The van der Waals surface area contributed by atoms with Crippen LogP contribution in [0.5, 0.6) is 0 Å². The van der Waals surface area contributed by atoms with Gasteiger partial charge >= 0.3 is 0 Å². The number of halogens is 1. The van der Waals surface area contributed by atoms with Gasteiger partial charge in [-0.15, -0.1) is 0 Å². The maximum atomic E-state index is 13.7. The highest BCUT2D eigenvalue weighted by molar-refractivity contribution is 6.30. The SMILES string of the molecule is C[C@@H](C(=O)NC1CCCC1)N(Cc1cccc(Cl)c1)C(=O)CN1C(=O)c2cccc3cccc1c23. The molecule has 3 aromatic rings. The number of nitrogens with one attached hydrogen (secondary N) is 1. The van der Waals surface area contributed by atoms with Crippen molar-refractivity contribution in [3.63, 3.8) is 0 Å². The Kier molecular flexibility index (Phi) is 6.48. The van der Waals surface area contributed by atoms with Crippen molar-refractivity contribution in [2.45, 2.75) is 51.2 Å². The molecule has 1 heterocycles. The number of amides is 3. The predicted octanol–water partition coefficient (Wildman–Crippen LogP) is 4.93. The van der Waals surface area contributed by atoms with E-state index >= 15 is 0 Å². The standard InChI is InChI=1S/C28H28ClN3O3/c1-18(27(34)30-22-11-2-3-12-22)31(16-19-7-4-10-21(29)15-19)25(33)17-32-24-14-6-9-20-8-5-13-23(26(20)24)28(32)35/h4-10,13-15,18,22H,2-3,11-12,16-17H2,1H3,(H,30,34)/t18-/m0/s1. The molecular formula is C28H28ClN3O3. The van der Waals surface area contributed by atoms with Crippen LogP contribution in [-0.4, -0.2) is 41.2 Å². The first-order chi connectivity index (χ1) is 16.9. The summed E-state index contributed by atoms with van der Waals surface area (Å²) in [6.07, 6.45) is 4.14. The lowest BCUT2D eigenvalue weighted by Gasteiger charge is -2.31. The van der Waals surface area contributed by atoms with Crippen LogP contribution in [0.15, 0.2) is 60.7 Å². The van der Waals surface area contributed by atoms with Crippen LogP contribution in [0, 0.1) is 0 Å². The lowest BCUT2D eigenvalue weighted by molar-refractivity contribution is -0.139. The van der Waals surface area contributed by atoms with Crippen molar-refractivity contribution in [3.8, 4) is 0 Å². The summed E-state index contributed by atoms with van der Waals surface area (Å²) in [6, 6.07) is 18.0. The molecule has 6 nitrogen and oxygen atoms in total. The molecule has 2 aliphatic rings. The van der Waals surface area contributed by atoms with E-state index in [4.69, 9.17) is 11.6 Å². The minimum Gasteiger partial charge on any atom is -0.352 e. The maximum Gasteiger partial charge on any atom is 0.259 e. The van der Waals surface area contributed by atoms with Crippen LogP contribution >= 0.6 is 11.6 Å². The smallest absolute Gasteiger partial charge is 0.259 e. The normalized spacial score (nSPS) is 16.1. The highest BCUT2D eigenvalue weighted by Crippen LogP contribution is 2.37. The molecule has 1 N–H and O–H groups in total. The van der Waals surface area contributed by atoms with Crippen LogP contribution in [0.25, 0.3) is 10.8 Å². The van der Waals surface area contributed by atoms with Crippen molar-refractivity contribution in [1.82, 2.24) is 10.2 Å². The van der Waals surface area contributed by atoms with Crippen molar-refractivity contribution in [1.29, 1.82) is 0 Å². The van der Waals surface area contributed by atoms with Gasteiger partial charge in [0.2, 0.25) is 11.8 Å². The van der Waals surface area contributed by atoms with Crippen molar-refractivity contribution >= 4 is 45.8 Å². The van der Waals surface area contributed by atoms with Gasteiger partial charge in [-0.1, -0.05) is 60.8 Å². The van der Waals surface area contributed by atoms with Gasteiger partial charge in [0, 0.05) is 28.6 Å². The number of nitrogens with zero attached hydrogens (tertiary/aromatic N) is 2. The van der Waals surface area contributed by atoms with Gasteiger partial charge in [-0.2, -0.15) is 0 Å². The second kappa shape index (κ2) is 9.70. The molecule has 1 aliphatic carbocycles. The number of rotatable bonds is 7. The highest BCUT2D eigenvalue weighted by atomic mass is 35.5. The summed E-state index contributed by atoms with van der Waals surface area (Å²) in [5.41, 5.74) is 2.14. The van der Waals surface area contributed by atoms with Crippen molar-refractivity contribution < 1.29 is 14.4 Å². The van der Waals surface area contributed by atoms with E-state index in [0.29, 0.717) is 10.6 Å². The summed E-state index contributed by atoms with van der Waals surface area (Å²) in [7, 11) is 0. The molecule has 180 valence electrons. The average Bonchev–Trinajstić information content (AvgIpc) is 3.46. The van der Waals surface area contributed by atoms with Gasteiger partial charge in [0.1, 0.15) is 12.6 Å². The van der Waals surface area contributed by atoms with E-state index < -0.39 is 6.04 Å². The third-order valence-electron chi connectivity index (χ3n) is 7.05. The van der Waals surface area contributed by atoms with Crippen LogP contribution in [-0.2, 0) is 16.1 Å². The molecule has 3 amide bonds. The Hall–Kier alpha value is -3.38. The number of hydrogen-bond acceptors (Lipinski definition) is 3. The number of hydrogen-bond donors (Lipinski definition) is 1. The molecule has 0 radical (unpaired) electrons. The van der Waals surface area contributed by atoms with Crippen LogP contribution < -0.4 is 10.2 Å². The third kappa shape index (κ3) is 4.63. The summed E-state index contributed by atoms with van der Waals surface area (Å²) in [4.78, 5) is 43.1. The Labute approximate surface area is 209 Å². The van der Waals surface area contributed by atoms with E-state index in [9.17, 15) is 14.4 Å². The first-order valence-corrected chi connectivity index (χ1v) is 12.5. The van der Waals surface area contributed by atoms with Gasteiger partial charge in [-0.25, -0.2) is 0 Å². The number of anilines is 1. The van der Waals surface area contributed by atoms with Gasteiger partial charge in [0.05, 0.1) is 5.69 Å². The zero-order valence-corrected chi connectivity index (χ0v) is 20.4. The molecular weight excluding hydrogens is 462 g/mol. The molecule has 1 atom stereocenters. The highest BCUT2D eigenvalue weighted by Gasteiger charge is 2.34. The summed E-state index contributed by atoms with van der Waals surface area (Å²) in [6.45, 7) is 1.82. The van der Waals surface area contributed by atoms with Crippen molar-refractivity contribution in [3.05, 3.63) is 76.8 Å². The molecule has 1 aliphatic heterocycles. The number of benzene rings is 3. The molecule has 3 aromatic carbocycles. The van der Waals surface area contributed by atoms with Gasteiger partial charge in [0.25, 0.3) is 5.91 Å². The molecule has 0 aromatic heterocycles. The zero-order valence-electron chi connectivity index (χ0n) is 19.7. The lowest BCUT2D eigenvalue weighted by Crippen LogP contribution is -2.52. The second-order valence-corrected chi connectivity index (χ2v) is 9.83. The van der Waals surface area contributed by atoms with E-state index in [0.717, 1.165) is 47.7 Å². The van der Waals surface area contributed by atoms with E-state index in [1.54, 1.807) is 30.0 Å². The fourth-order valence-corrected chi connectivity index (χ4v) is 5.38. The van der Waals surface area contributed by atoms with E-state index in [2.05, 4.69) is 5.32 Å². The molecule has 1 saturated carbocycles. The summed E-state index contributed by atoms with van der Waals surface area (Å²) in [5, 5.41) is 5.49. The van der Waals surface area contributed by atoms with Gasteiger partial charge < -0.3 is 10.2 Å². The second-order valence-electron chi connectivity index (χ2n) is 9.39. The number of carbonyl (C=O) groups excluding carboxylic acids is 3. The Bertz CT molecular complexity index is 1300. The minimum atomic E-state index is -0.696. The van der Waals surface area contributed by atoms with Crippen LogP contribution in [0.3, 0.4) is 0 Å². The Morgan fingerprint density at radius 3 is 2.54 bits per heavy atom. The van der Waals surface area contributed by atoms with Crippen LogP contribution in [0.2, 0.25) is 5.02 Å². The third-order valence-corrected chi connectivity index (χ3v) is 7.29. The monoisotopic (exact) mass is 489 g/mol. The van der Waals surface area contributed by atoms with Gasteiger partial charge in [-0.05, 0) is 55.0 Å². The fraction of sp³-hybridized carbons (Fsp3) is 0.321. The fourth-order valence-electron chi connectivity index (χ4n) is 5.17. The summed E-state index contributed by atoms with van der Waals surface area (Å²) >= 11 is 6.18. The Morgan fingerprint density at radius 2 is 1.80 bits per heavy atom. The average molecular weight is 490 g/mol. The van der Waals surface area contributed by atoms with E-state index in [-0.39, 0.29) is 36.9 Å². The Morgan fingerprint density at radius 1 is 1.09 bits per heavy atom. The molecule has 1 fully saturated rings. The first-order valence-electron chi connectivity index (χ1n) is 12.1. The van der Waals surface area contributed by atoms with Gasteiger partial charge in [-0.3, -0.25) is 19.3 Å². The van der Waals surface area contributed by atoms with Crippen LogP contribution in [0.4, 0.5) is 5.69 Å². The zero-order chi connectivity index (χ0) is 24.5. The maximum absolute atomic E-state index is 13.7. The van der Waals surface area contributed by atoms with Crippen LogP contribution in [0.1, 0.15) is 48.5 Å². The van der Waals surface area contributed by atoms with Gasteiger partial charge in [0.15, 0.2) is 0 Å². The first kappa shape index (κ1) is 23.4. The number of carbonyl (C=O) groups is 3. The predicted molar refractivity (Wildman–Crippen MR) is 137 cm³/mol. The summed E-state index contributed by atoms with van der Waals surface area (Å²) < 4.78 is 0. The molecule has 7 heteroatoms. The molecule has 0 spiro atoms. The molecule has 0 saturated heterocycles. The largest absolute Gasteiger partial charge is 0.352 e. The molecule has 5 rings (SSSR count). The van der Waals surface area contributed by atoms with Crippen molar-refractivity contribution in [2.24, 2.45) is 0 Å². The minimum absolute atomic E-state index is 0.145. The topological polar surface area (TPSA) is 69.7 Å². The Balaban J connectivity index is 1.41. The van der Waals surface area contributed by atoms with Crippen molar-refractivity contribution in [2.75, 3.05) is 11.4 Å². The molecule has 35 heavy (non-hydrogen) atoms. The quantitative estimate of drug-likeness (QED) is 0.511. The lowest BCUT2D eigenvalue weighted by atomic mass is 10.1. The summed E-state index contributed by atoms with van der Waals surface area (Å²) in [5.74, 6) is -0.668. The van der Waals surface area contributed by atoms with E-state index in [1.807, 2.05) is 42.5 Å². The van der Waals surface area contributed by atoms with E-state index in [1.165, 1.54) is 4.90 Å².